The number of nitrogens with zero attached hydrogens (tertiary/aromatic N) is 1. The molecular weight excluding hydrogens is 328 g/mol. The van der Waals surface area contributed by atoms with E-state index in [1.54, 1.807) is 30.3 Å². The molecule has 4 rings (SSSR count). The molecule has 2 bridgehead atoms. The molecule has 0 aromatic heterocycles. The Hall–Kier alpha value is -1.44. The van der Waals surface area contributed by atoms with E-state index in [0.717, 1.165) is 6.54 Å². The van der Waals surface area contributed by atoms with Crippen LogP contribution < -0.4 is 5.32 Å². The molecule has 0 unspecified atom stereocenters. The van der Waals surface area contributed by atoms with Crippen LogP contribution in [0.5, 0.6) is 0 Å². The van der Waals surface area contributed by atoms with Gasteiger partial charge in [0, 0.05) is 19.6 Å². The highest BCUT2D eigenvalue weighted by atomic mass is 32.2. The molecule has 2 heterocycles. The minimum Gasteiger partial charge on any atom is -0.371 e. The summed E-state index contributed by atoms with van der Waals surface area (Å²) in [6, 6.07) is 8.44. The van der Waals surface area contributed by atoms with Gasteiger partial charge in [-0.2, -0.15) is 4.31 Å². The molecule has 0 radical (unpaired) electrons. The summed E-state index contributed by atoms with van der Waals surface area (Å²) in [5.74, 6) is 0.392. The lowest BCUT2D eigenvalue weighted by atomic mass is 9.99. The van der Waals surface area contributed by atoms with Gasteiger partial charge < -0.3 is 10.1 Å². The summed E-state index contributed by atoms with van der Waals surface area (Å²) in [4.78, 5) is 12.7. The summed E-state index contributed by atoms with van der Waals surface area (Å²) in [6.07, 6.45) is 2.44. The molecule has 6 nitrogen and oxygen atoms in total. The van der Waals surface area contributed by atoms with E-state index in [2.05, 4.69) is 5.32 Å². The van der Waals surface area contributed by atoms with Gasteiger partial charge in [-0.15, -0.1) is 0 Å². The number of nitrogens with one attached hydrogen (secondary N) is 1. The van der Waals surface area contributed by atoms with Crippen molar-refractivity contribution in [3.05, 3.63) is 30.3 Å². The number of rotatable bonds is 5. The topological polar surface area (TPSA) is 75.7 Å². The van der Waals surface area contributed by atoms with E-state index in [4.69, 9.17) is 4.74 Å². The Kier molecular flexibility index (Phi) is 4.10. The van der Waals surface area contributed by atoms with Crippen molar-refractivity contribution in [2.45, 2.75) is 36.4 Å². The van der Waals surface area contributed by atoms with Gasteiger partial charge in [-0.1, -0.05) is 18.2 Å². The fourth-order valence-corrected chi connectivity index (χ4v) is 5.04. The van der Waals surface area contributed by atoms with Crippen molar-refractivity contribution in [2.24, 2.45) is 11.8 Å². The number of carbonyl (C=O) groups excluding carboxylic acids is 1. The maximum atomic E-state index is 12.8. The second kappa shape index (κ2) is 6.13. The fourth-order valence-electron chi connectivity index (χ4n) is 3.53. The highest BCUT2D eigenvalue weighted by Gasteiger charge is 2.47. The number of hydrogen-bond donors (Lipinski definition) is 1. The van der Waals surface area contributed by atoms with Crippen LogP contribution in [-0.2, 0) is 19.6 Å². The lowest BCUT2D eigenvalue weighted by Gasteiger charge is -2.31. The number of benzene rings is 1. The molecule has 3 atom stereocenters. The lowest BCUT2D eigenvalue weighted by molar-refractivity contribution is -0.127. The Morgan fingerprint density at radius 1 is 1.21 bits per heavy atom. The molecule has 3 aliphatic rings. The van der Waals surface area contributed by atoms with Crippen LogP contribution in [0.3, 0.4) is 0 Å². The summed E-state index contributed by atoms with van der Waals surface area (Å²) in [7, 11) is -3.53. The van der Waals surface area contributed by atoms with Gasteiger partial charge in [0.15, 0.2) is 0 Å². The number of sulfonamides is 1. The minimum atomic E-state index is -3.53. The van der Waals surface area contributed by atoms with Gasteiger partial charge in [0.1, 0.15) is 0 Å². The monoisotopic (exact) mass is 350 g/mol. The zero-order chi connectivity index (χ0) is 16.7. The average molecular weight is 350 g/mol. The molecule has 2 saturated heterocycles. The zero-order valence-corrected chi connectivity index (χ0v) is 14.2. The van der Waals surface area contributed by atoms with E-state index >= 15 is 0 Å². The highest BCUT2D eigenvalue weighted by molar-refractivity contribution is 7.89. The SMILES string of the molecule is O=C(NCC1CC1)[C@@H]1C[C@H]2CN(S(=O)(=O)c3ccccc3)C[C@@H]1O2. The minimum absolute atomic E-state index is 0.00774. The highest BCUT2D eigenvalue weighted by Crippen LogP contribution is 2.35. The van der Waals surface area contributed by atoms with Crippen LogP contribution in [0.1, 0.15) is 19.3 Å². The zero-order valence-electron chi connectivity index (χ0n) is 13.4. The van der Waals surface area contributed by atoms with Crippen LogP contribution >= 0.6 is 0 Å². The third-order valence-corrected chi connectivity index (χ3v) is 6.95. The van der Waals surface area contributed by atoms with E-state index in [9.17, 15) is 13.2 Å². The summed E-state index contributed by atoms with van der Waals surface area (Å²) in [6.45, 7) is 1.30. The van der Waals surface area contributed by atoms with Gasteiger partial charge in [0.2, 0.25) is 15.9 Å². The van der Waals surface area contributed by atoms with Crippen LogP contribution in [0.25, 0.3) is 0 Å². The molecule has 24 heavy (non-hydrogen) atoms. The molecule has 2 aliphatic heterocycles. The van der Waals surface area contributed by atoms with Crippen LogP contribution in [-0.4, -0.2) is 50.5 Å². The van der Waals surface area contributed by atoms with Gasteiger partial charge in [0.05, 0.1) is 23.0 Å². The first-order valence-electron chi connectivity index (χ1n) is 8.52. The number of morpholine rings is 1. The molecular formula is C17H22N2O4S. The van der Waals surface area contributed by atoms with E-state index in [-0.39, 0.29) is 30.6 Å². The Balaban J connectivity index is 1.45. The third-order valence-electron chi connectivity index (χ3n) is 5.10. The van der Waals surface area contributed by atoms with Crippen LogP contribution in [0.2, 0.25) is 0 Å². The Bertz CT molecular complexity index is 717. The number of hydrogen-bond acceptors (Lipinski definition) is 4. The number of fused-ring (bicyclic) bond motifs is 2. The van der Waals surface area contributed by atoms with Crippen LogP contribution in [0, 0.1) is 11.8 Å². The quantitative estimate of drug-likeness (QED) is 0.859. The number of carbonyl (C=O) groups is 1. The smallest absolute Gasteiger partial charge is 0.243 e. The predicted octanol–water partition coefficient (Wildman–Crippen LogP) is 0.991. The number of amides is 1. The maximum absolute atomic E-state index is 12.8. The van der Waals surface area contributed by atoms with Gasteiger partial charge >= 0.3 is 0 Å². The molecule has 1 aromatic carbocycles. The molecule has 1 saturated carbocycles. The summed E-state index contributed by atoms with van der Waals surface area (Å²) in [5.41, 5.74) is 0. The van der Waals surface area contributed by atoms with Crippen molar-refractivity contribution < 1.29 is 17.9 Å². The Labute approximate surface area is 142 Å². The second-order valence-electron chi connectivity index (χ2n) is 6.96. The summed E-state index contributed by atoms with van der Waals surface area (Å²) < 4.78 is 32.9. The molecule has 3 fully saturated rings. The van der Waals surface area contributed by atoms with Crippen LogP contribution in [0.4, 0.5) is 0 Å². The van der Waals surface area contributed by atoms with Crippen molar-refractivity contribution in [3.63, 3.8) is 0 Å². The average Bonchev–Trinajstić information content (AvgIpc) is 3.37. The standard InChI is InChI=1S/C17H22N2O4S/c20-17(18-9-12-6-7-12)15-8-13-10-19(11-16(15)23-13)24(21,22)14-4-2-1-3-5-14/h1-5,12-13,15-16H,6-11H2,(H,18,20)/t13-,15+,16-/m0/s1. The van der Waals surface area contributed by atoms with Gasteiger partial charge in [-0.05, 0) is 37.3 Å². The van der Waals surface area contributed by atoms with Crippen molar-refractivity contribution in [1.29, 1.82) is 0 Å². The largest absolute Gasteiger partial charge is 0.371 e. The van der Waals surface area contributed by atoms with Gasteiger partial charge in [-0.25, -0.2) is 8.42 Å². The van der Waals surface area contributed by atoms with Crippen LogP contribution in [0.15, 0.2) is 35.2 Å². The molecule has 1 amide bonds. The van der Waals surface area contributed by atoms with Crippen molar-refractivity contribution >= 4 is 15.9 Å². The van der Waals surface area contributed by atoms with E-state index in [1.165, 1.54) is 17.1 Å². The predicted molar refractivity (Wildman–Crippen MR) is 87.7 cm³/mol. The summed E-state index contributed by atoms with van der Waals surface area (Å²) >= 11 is 0. The van der Waals surface area contributed by atoms with E-state index in [1.807, 2.05) is 0 Å². The first-order chi connectivity index (χ1) is 11.5. The number of ether oxygens (including phenoxy) is 1. The third kappa shape index (κ3) is 3.08. The summed E-state index contributed by atoms with van der Waals surface area (Å²) in [5, 5.41) is 3.00. The molecule has 1 N–H and O–H groups in total. The van der Waals surface area contributed by atoms with E-state index < -0.39 is 10.0 Å². The van der Waals surface area contributed by atoms with Crippen molar-refractivity contribution in [3.8, 4) is 0 Å². The van der Waals surface area contributed by atoms with Gasteiger partial charge in [-0.3, -0.25) is 4.79 Å². The van der Waals surface area contributed by atoms with Gasteiger partial charge in [0.25, 0.3) is 0 Å². The Morgan fingerprint density at radius 2 is 1.96 bits per heavy atom. The molecule has 7 heteroatoms. The lowest BCUT2D eigenvalue weighted by Crippen LogP contribution is -2.47. The molecule has 1 aliphatic carbocycles. The second-order valence-corrected chi connectivity index (χ2v) is 8.90. The van der Waals surface area contributed by atoms with Crippen molar-refractivity contribution in [1.82, 2.24) is 9.62 Å². The Morgan fingerprint density at radius 3 is 2.67 bits per heavy atom. The normalized spacial score (nSPS) is 30.2. The molecule has 1 aromatic rings. The first kappa shape index (κ1) is 16.1. The maximum Gasteiger partial charge on any atom is 0.243 e. The first-order valence-corrected chi connectivity index (χ1v) is 9.96. The molecule has 0 spiro atoms. The van der Waals surface area contributed by atoms with Crippen molar-refractivity contribution in [2.75, 3.05) is 19.6 Å². The molecule has 130 valence electrons. The van der Waals surface area contributed by atoms with E-state index in [0.29, 0.717) is 23.8 Å². The fraction of sp³-hybridized carbons (Fsp3) is 0.588.